The van der Waals surface area contributed by atoms with Crippen molar-refractivity contribution in [1.82, 2.24) is 14.9 Å². The number of hydrogen-bond acceptors (Lipinski definition) is 4. The molecule has 4 nitrogen and oxygen atoms in total. The number of benzene rings is 1. The van der Waals surface area contributed by atoms with Crippen LogP contribution < -0.4 is 5.32 Å². The first-order valence-corrected chi connectivity index (χ1v) is 7.16. The number of methoxy groups -OCH3 is 1. The van der Waals surface area contributed by atoms with Crippen molar-refractivity contribution in [2.75, 3.05) is 20.3 Å². The molecule has 108 valence electrons. The molecule has 2 rings (SSSR count). The lowest BCUT2D eigenvalue weighted by molar-refractivity contribution is 0.199. The molecule has 0 amide bonds. The average Bonchev–Trinajstić information content (AvgIpc) is 2.83. The molecule has 0 saturated carbocycles. The number of rotatable bonds is 7. The third-order valence-corrected chi connectivity index (χ3v) is 4.02. The van der Waals surface area contributed by atoms with Gasteiger partial charge in [-0.15, -0.1) is 0 Å². The second kappa shape index (κ2) is 7.42. The van der Waals surface area contributed by atoms with Crippen LogP contribution in [-0.4, -0.2) is 29.8 Å². The largest absolute Gasteiger partial charge is 0.383 e. The number of aromatic nitrogens is 2. The number of aryl methyl sites for hydroxylation is 1. The zero-order valence-corrected chi connectivity index (χ0v) is 12.4. The number of ether oxygens (including phenoxy) is 1. The molecule has 0 spiro atoms. The monoisotopic (exact) mass is 295 g/mol. The Morgan fingerprint density at radius 3 is 3.00 bits per heavy atom. The summed E-state index contributed by atoms with van der Waals surface area (Å²) in [6, 6.07) is 5.12. The highest BCUT2D eigenvalue weighted by Crippen LogP contribution is 2.30. The molecule has 2 aromatic rings. The highest BCUT2D eigenvalue weighted by molar-refractivity contribution is 7.99. The van der Waals surface area contributed by atoms with Gasteiger partial charge in [0.05, 0.1) is 6.61 Å². The van der Waals surface area contributed by atoms with E-state index >= 15 is 0 Å². The van der Waals surface area contributed by atoms with E-state index in [4.69, 9.17) is 4.74 Å². The molecular weight excluding hydrogens is 277 g/mol. The van der Waals surface area contributed by atoms with Gasteiger partial charge in [0.25, 0.3) is 0 Å². The quantitative estimate of drug-likeness (QED) is 0.796. The highest BCUT2D eigenvalue weighted by atomic mass is 32.2. The van der Waals surface area contributed by atoms with Gasteiger partial charge in [-0.05, 0) is 12.1 Å². The molecule has 1 heterocycles. The molecule has 6 heteroatoms. The minimum absolute atomic E-state index is 0.200. The summed E-state index contributed by atoms with van der Waals surface area (Å²) in [6.07, 6.45) is 3.61. The Morgan fingerprint density at radius 1 is 1.45 bits per heavy atom. The standard InChI is InChI=1S/C14H18FN3OS/c1-18-8-6-17-14(18)20-13-5-3-4-12(15)11(13)10-16-7-9-19-2/h3-6,8,16H,7,9-10H2,1-2H3. The van der Waals surface area contributed by atoms with E-state index in [9.17, 15) is 4.39 Å². The van der Waals surface area contributed by atoms with Gasteiger partial charge in [0.1, 0.15) is 5.82 Å². The zero-order chi connectivity index (χ0) is 14.4. The normalized spacial score (nSPS) is 10.9. The van der Waals surface area contributed by atoms with Gasteiger partial charge in [-0.1, -0.05) is 17.8 Å². The second-order valence-corrected chi connectivity index (χ2v) is 5.32. The summed E-state index contributed by atoms with van der Waals surface area (Å²) < 4.78 is 20.9. The van der Waals surface area contributed by atoms with E-state index in [0.717, 1.165) is 10.1 Å². The van der Waals surface area contributed by atoms with Crippen molar-refractivity contribution in [3.8, 4) is 0 Å². The minimum Gasteiger partial charge on any atom is -0.383 e. The van der Waals surface area contributed by atoms with Crippen LogP contribution in [0.15, 0.2) is 40.6 Å². The first kappa shape index (κ1) is 15.0. The summed E-state index contributed by atoms with van der Waals surface area (Å²) in [7, 11) is 3.57. The molecule has 0 aliphatic carbocycles. The Kier molecular flexibility index (Phi) is 5.58. The molecule has 0 radical (unpaired) electrons. The van der Waals surface area contributed by atoms with Gasteiger partial charge in [-0.3, -0.25) is 0 Å². The third-order valence-electron chi connectivity index (χ3n) is 2.84. The molecule has 0 unspecified atom stereocenters. The fourth-order valence-electron chi connectivity index (χ4n) is 1.74. The summed E-state index contributed by atoms with van der Waals surface area (Å²) in [5.74, 6) is -0.200. The molecule has 0 atom stereocenters. The minimum atomic E-state index is -0.200. The van der Waals surface area contributed by atoms with Crippen LogP contribution in [0.3, 0.4) is 0 Å². The molecule has 0 fully saturated rings. The lowest BCUT2D eigenvalue weighted by Crippen LogP contribution is -2.19. The molecule has 0 aliphatic rings. The molecule has 0 bridgehead atoms. The molecular formula is C14H18FN3OS. The van der Waals surface area contributed by atoms with Crippen LogP contribution in [0.25, 0.3) is 0 Å². The molecule has 20 heavy (non-hydrogen) atoms. The maximum atomic E-state index is 14.0. The summed E-state index contributed by atoms with van der Waals surface area (Å²) in [5, 5.41) is 4.01. The molecule has 0 saturated heterocycles. The molecule has 0 aliphatic heterocycles. The molecule has 1 aromatic carbocycles. The van der Waals surface area contributed by atoms with Gasteiger partial charge >= 0.3 is 0 Å². The van der Waals surface area contributed by atoms with E-state index in [1.165, 1.54) is 17.8 Å². The average molecular weight is 295 g/mol. The predicted molar refractivity (Wildman–Crippen MR) is 77.3 cm³/mol. The molecule has 1 N–H and O–H groups in total. The van der Waals surface area contributed by atoms with Crippen molar-refractivity contribution in [1.29, 1.82) is 0 Å². The Labute approximate surface area is 122 Å². The summed E-state index contributed by atoms with van der Waals surface area (Å²) in [4.78, 5) is 5.13. The zero-order valence-electron chi connectivity index (χ0n) is 11.6. The van der Waals surface area contributed by atoms with Crippen molar-refractivity contribution >= 4 is 11.8 Å². The van der Waals surface area contributed by atoms with Crippen LogP contribution in [-0.2, 0) is 18.3 Å². The maximum absolute atomic E-state index is 14.0. The van der Waals surface area contributed by atoms with Gasteiger partial charge in [0.2, 0.25) is 0 Å². The Hall–Kier alpha value is -1.37. The van der Waals surface area contributed by atoms with Crippen molar-refractivity contribution in [3.63, 3.8) is 0 Å². The Bertz CT molecular complexity index is 559. The van der Waals surface area contributed by atoms with Crippen LogP contribution in [0, 0.1) is 5.82 Å². The van der Waals surface area contributed by atoms with Crippen LogP contribution in [0.2, 0.25) is 0 Å². The topological polar surface area (TPSA) is 39.1 Å². The van der Waals surface area contributed by atoms with Gasteiger partial charge in [-0.2, -0.15) is 0 Å². The highest BCUT2D eigenvalue weighted by Gasteiger charge is 2.11. The fraction of sp³-hybridized carbons (Fsp3) is 0.357. The van der Waals surface area contributed by atoms with Gasteiger partial charge in [-0.25, -0.2) is 9.37 Å². The lowest BCUT2D eigenvalue weighted by atomic mass is 10.2. The Balaban J connectivity index is 2.11. The maximum Gasteiger partial charge on any atom is 0.172 e. The van der Waals surface area contributed by atoms with E-state index < -0.39 is 0 Å². The van der Waals surface area contributed by atoms with E-state index in [0.29, 0.717) is 25.3 Å². The van der Waals surface area contributed by atoms with Crippen molar-refractivity contribution in [2.24, 2.45) is 7.05 Å². The van der Waals surface area contributed by atoms with E-state index in [1.807, 2.05) is 23.9 Å². The Morgan fingerprint density at radius 2 is 2.30 bits per heavy atom. The SMILES string of the molecule is COCCNCc1c(F)cccc1Sc1nccn1C. The van der Waals surface area contributed by atoms with Gasteiger partial charge in [0.15, 0.2) is 5.16 Å². The lowest BCUT2D eigenvalue weighted by Gasteiger charge is -2.11. The first-order valence-electron chi connectivity index (χ1n) is 6.34. The van der Waals surface area contributed by atoms with Crippen molar-refractivity contribution in [3.05, 3.63) is 42.0 Å². The number of nitrogens with zero attached hydrogens (tertiary/aromatic N) is 2. The van der Waals surface area contributed by atoms with E-state index in [2.05, 4.69) is 10.3 Å². The number of nitrogens with one attached hydrogen (secondary N) is 1. The van der Waals surface area contributed by atoms with Crippen LogP contribution >= 0.6 is 11.8 Å². The van der Waals surface area contributed by atoms with E-state index in [1.54, 1.807) is 19.4 Å². The van der Waals surface area contributed by atoms with Gasteiger partial charge < -0.3 is 14.6 Å². The fourth-order valence-corrected chi connectivity index (χ4v) is 2.70. The second-order valence-electron chi connectivity index (χ2n) is 4.31. The predicted octanol–water partition coefficient (Wildman–Crippen LogP) is 2.45. The number of hydrogen-bond donors (Lipinski definition) is 1. The summed E-state index contributed by atoms with van der Waals surface area (Å²) in [6.45, 7) is 1.77. The van der Waals surface area contributed by atoms with Crippen LogP contribution in [0.1, 0.15) is 5.56 Å². The van der Waals surface area contributed by atoms with Crippen molar-refractivity contribution < 1.29 is 9.13 Å². The molecule has 1 aromatic heterocycles. The summed E-state index contributed by atoms with van der Waals surface area (Å²) in [5.41, 5.74) is 0.664. The summed E-state index contributed by atoms with van der Waals surface area (Å²) >= 11 is 1.47. The van der Waals surface area contributed by atoms with Crippen LogP contribution in [0.5, 0.6) is 0 Å². The number of halogens is 1. The van der Waals surface area contributed by atoms with Gasteiger partial charge in [0, 0.05) is 50.1 Å². The smallest absolute Gasteiger partial charge is 0.172 e. The van der Waals surface area contributed by atoms with E-state index in [-0.39, 0.29) is 5.82 Å². The number of imidazole rings is 1. The first-order chi connectivity index (χ1) is 9.72. The van der Waals surface area contributed by atoms with Crippen LogP contribution in [0.4, 0.5) is 4.39 Å². The van der Waals surface area contributed by atoms with Crippen molar-refractivity contribution in [2.45, 2.75) is 16.6 Å². The third kappa shape index (κ3) is 3.82.